The van der Waals surface area contributed by atoms with Crippen molar-refractivity contribution in [2.75, 3.05) is 19.7 Å². The molecule has 6 heteroatoms. The fraction of sp³-hybridized carbons (Fsp3) is 0.500. The molecule has 0 radical (unpaired) electrons. The van der Waals surface area contributed by atoms with Crippen LogP contribution >= 0.6 is 15.9 Å². The SMILES string of the molecule is CCOC(=O)c1cc(Br)cc(CN2CCC(F)(F)C2)c1. The lowest BCUT2D eigenvalue weighted by Gasteiger charge is -2.16. The van der Waals surface area contributed by atoms with Crippen molar-refractivity contribution >= 4 is 21.9 Å². The molecule has 3 nitrogen and oxygen atoms in total. The summed E-state index contributed by atoms with van der Waals surface area (Å²) in [5, 5.41) is 0. The summed E-state index contributed by atoms with van der Waals surface area (Å²) >= 11 is 3.33. The van der Waals surface area contributed by atoms with Gasteiger partial charge in [-0.2, -0.15) is 0 Å². The molecule has 20 heavy (non-hydrogen) atoms. The van der Waals surface area contributed by atoms with Crippen LogP contribution in [0.4, 0.5) is 8.78 Å². The van der Waals surface area contributed by atoms with Crippen LogP contribution in [0, 0.1) is 0 Å². The number of hydrogen-bond donors (Lipinski definition) is 0. The van der Waals surface area contributed by atoms with Crippen LogP contribution < -0.4 is 0 Å². The molecule has 0 atom stereocenters. The van der Waals surface area contributed by atoms with E-state index in [0.29, 0.717) is 25.3 Å². The van der Waals surface area contributed by atoms with Gasteiger partial charge in [-0.05, 0) is 30.7 Å². The molecule has 1 aliphatic heterocycles. The zero-order valence-corrected chi connectivity index (χ0v) is 12.8. The third-order valence-electron chi connectivity index (χ3n) is 3.12. The van der Waals surface area contributed by atoms with E-state index in [0.717, 1.165) is 10.0 Å². The largest absolute Gasteiger partial charge is 0.462 e. The van der Waals surface area contributed by atoms with Gasteiger partial charge in [-0.25, -0.2) is 13.6 Å². The van der Waals surface area contributed by atoms with Crippen molar-refractivity contribution in [1.82, 2.24) is 4.90 Å². The lowest BCUT2D eigenvalue weighted by atomic mass is 10.1. The van der Waals surface area contributed by atoms with Gasteiger partial charge in [0.15, 0.2) is 0 Å². The van der Waals surface area contributed by atoms with E-state index < -0.39 is 11.9 Å². The molecule has 110 valence electrons. The Morgan fingerprint density at radius 1 is 1.45 bits per heavy atom. The number of nitrogens with zero attached hydrogens (tertiary/aromatic N) is 1. The predicted octanol–water partition coefficient (Wildman–Crippen LogP) is 3.47. The van der Waals surface area contributed by atoms with Crippen LogP contribution in [0.2, 0.25) is 0 Å². The zero-order valence-electron chi connectivity index (χ0n) is 11.2. The average molecular weight is 348 g/mol. The van der Waals surface area contributed by atoms with Crippen molar-refractivity contribution in [2.24, 2.45) is 0 Å². The van der Waals surface area contributed by atoms with E-state index in [-0.39, 0.29) is 13.0 Å². The summed E-state index contributed by atoms with van der Waals surface area (Å²) in [7, 11) is 0. The van der Waals surface area contributed by atoms with Gasteiger partial charge in [0.25, 0.3) is 5.92 Å². The second-order valence-corrected chi connectivity index (χ2v) is 5.80. The number of carbonyl (C=O) groups excluding carboxylic acids is 1. The minimum atomic E-state index is -2.60. The predicted molar refractivity (Wildman–Crippen MR) is 74.9 cm³/mol. The molecule has 0 aliphatic carbocycles. The molecule has 1 aliphatic rings. The van der Waals surface area contributed by atoms with Crippen LogP contribution in [-0.4, -0.2) is 36.5 Å². The van der Waals surface area contributed by atoms with E-state index >= 15 is 0 Å². The zero-order chi connectivity index (χ0) is 14.8. The molecule has 1 aromatic rings. The van der Waals surface area contributed by atoms with Gasteiger partial charge >= 0.3 is 5.97 Å². The van der Waals surface area contributed by atoms with Crippen molar-refractivity contribution < 1.29 is 18.3 Å². The fourth-order valence-electron chi connectivity index (χ4n) is 2.27. The summed E-state index contributed by atoms with van der Waals surface area (Å²) in [6.07, 6.45) is -0.105. The van der Waals surface area contributed by atoms with E-state index in [1.54, 1.807) is 24.0 Å². The molecule has 1 fully saturated rings. The molecule has 0 unspecified atom stereocenters. The number of ether oxygens (including phenoxy) is 1. The Labute approximate surface area is 125 Å². The first-order valence-electron chi connectivity index (χ1n) is 6.46. The average Bonchev–Trinajstić information content (AvgIpc) is 2.68. The molecule has 1 aromatic carbocycles. The Hall–Kier alpha value is -1.01. The molecule has 0 saturated carbocycles. The first-order valence-corrected chi connectivity index (χ1v) is 7.26. The number of likely N-dealkylation sites (tertiary alicyclic amines) is 1. The summed E-state index contributed by atoms with van der Waals surface area (Å²) in [4.78, 5) is 13.4. The Morgan fingerprint density at radius 2 is 2.20 bits per heavy atom. The van der Waals surface area contributed by atoms with E-state index in [1.807, 2.05) is 6.07 Å². The number of esters is 1. The summed E-state index contributed by atoms with van der Waals surface area (Å²) in [5.41, 5.74) is 1.25. The molecule has 0 aromatic heterocycles. The van der Waals surface area contributed by atoms with E-state index in [4.69, 9.17) is 4.74 Å². The number of halogens is 3. The smallest absolute Gasteiger partial charge is 0.338 e. The maximum Gasteiger partial charge on any atom is 0.338 e. The topological polar surface area (TPSA) is 29.5 Å². The lowest BCUT2D eigenvalue weighted by Crippen LogP contribution is -2.25. The van der Waals surface area contributed by atoms with Gasteiger partial charge in [-0.1, -0.05) is 15.9 Å². The highest BCUT2D eigenvalue weighted by molar-refractivity contribution is 9.10. The Bertz CT molecular complexity index is 508. The maximum atomic E-state index is 13.2. The van der Waals surface area contributed by atoms with Gasteiger partial charge in [0, 0.05) is 24.0 Å². The first kappa shape index (κ1) is 15.4. The molecule has 0 bridgehead atoms. The summed E-state index contributed by atoms with van der Waals surface area (Å²) in [5.74, 6) is -3.00. The highest BCUT2D eigenvalue weighted by atomic mass is 79.9. The van der Waals surface area contributed by atoms with E-state index in [1.165, 1.54) is 0 Å². The molecule has 1 saturated heterocycles. The molecule has 2 rings (SSSR count). The van der Waals surface area contributed by atoms with Crippen LogP contribution in [0.25, 0.3) is 0 Å². The minimum Gasteiger partial charge on any atom is -0.462 e. The molecule has 1 heterocycles. The number of carbonyl (C=O) groups is 1. The molecular weight excluding hydrogens is 332 g/mol. The maximum absolute atomic E-state index is 13.2. The Balaban J connectivity index is 2.10. The van der Waals surface area contributed by atoms with Crippen LogP contribution in [0.1, 0.15) is 29.3 Å². The van der Waals surface area contributed by atoms with E-state index in [2.05, 4.69) is 15.9 Å². The van der Waals surface area contributed by atoms with Crippen LogP contribution in [-0.2, 0) is 11.3 Å². The van der Waals surface area contributed by atoms with Crippen molar-refractivity contribution in [2.45, 2.75) is 25.8 Å². The third-order valence-corrected chi connectivity index (χ3v) is 3.58. The highest BCUT2D eigenvalue weighted by Gasteiger charge is 2.37. The highest BCUT2D eigenvalue weighted by Crippen LogP contribution is 2.28. The number of alkyl halides is 2. The number of benzene rings is 1. The molecular formula is C14H16BrF2NO2. The second kappa shape index (κ2) is 6.18. The van der Waals surface area contributed by atoms with Gasteiger partial charge in [-0.15, -0.1) is 0 Å². The van der Waals surface area contributed by atoms with Crippen LogP contribution in [0.3, 0.4) is 0 Å². The van der Waals surface area contributed by atoms with Crippen molar-refractivity contribution in [3.8, 4) is 0 Å². The second-order valence-electron chi connectivity index (χ2n) is 4.89. The Kier molecular flexibility index (Phi) is 4.75. The standard InChI is InChI=1S/C14H16BrF2NO2/c1-2-20-13(19)11-5-10(6-12(15)7-11)8-18-4-3-14(16,17)9-18/h5-7H,2-4,8-9H2,1H3. The van der Waals surface area contributed by atoms with Gasteiger partial charge in [0.1, 0.15) is 0 Å². The lowest BCUT2D eigenvalue weighted by molar-refractivity contribution is 0.0115. The summed E-state index contributed by atoms with van der Waals surface area (Å²) < 4.78 is 32.0. The molecule has 0 amide bonds. The van der Waals surface area contributed by atoms with Crippen LogP contribution in [0.15, 0.2) is 22.7 Å². The summed E-state index contributed by atoms with van der Waals surface area (Å²) in [6, 6.07) is 5.19. The van der Waals surface area contributed by atoms with Crippen molar-refractivity contribution in [3.05, 3.63) is 33.8 Å². The normalized spacial score (nSPS) is 18.2. The third kappa shape index (κ3) is 3.99. The van der Waals surface area contributed by atoms with Crippen molar-refractivity contribution in [3.63, 3.8) is 0 Å². The number of rotatable bonds is 4. The van der Waals surface area contributed by atoms with E-state index in [9.17, 15) is 13.6 Å². The monoisotopic (exact) mass is 347 g/mol. The van der Waals surface area contributed by atoms with Crippen LogP contribution in [0.5, 0.6) is 0 Å². The minimum absolute atomic E-state index is 0.105. The first-order chi connectivity index (χ1) is 9.39. The number of hydrogen-bond acceptors (Lipinski definition) is 3. The van der Waals surface area contributed by atoms with Crippen molar-refractivity contribution in [1.29, 1.82) is 0 Å². The Morgan fingerprint density at radius 3 is 2.80 bits per heavy atom. The molecule has 0 spiro atoms. The van der Waals surface area contributed by atoms with Gasteiger partial charge in [-0.3, -0.25) is 4.90 Å². The van der Waals surface area contributed by atoms with Gasteiger partial charge in [0.05, 0.1) is 18.7 Å². The summed E-state index contributed by atoms with van der Waals surface area (Å²) in [6.45, 7) is 2.59. The van der Waals surface area contributed by atoms with Gasteiger partial charge < -0.3 is 4.74 Å². The fourth-order valence-corrected chi connectivity index (χ4v) is 2.81. The molecule has 0 N–H and O–H groups in total. The van der Waals surface area contributed by atoms with Gasteiger partial charge in [0.2, 0.25) is 0 Å². The quantitative estimate of drug-likeness (QED) is 0.781.